The first kappa shape index (κ1) is 16.0. The first-order valence-electron chi connectivity index (χ1n) is 7.77. The van der Waals surface area contributed by atoms with E-state index in [1.54, 1.807) is 0 Å². The van der Waals surface area contributed by atoms with Crippen LogP contribution in [0, 0.1) is 17.8 Å². The number of amides is 1. The van der Waals surface area contributed by atoms with Gasteiger partial charge in [-0.2, -0.15) is 0 Å². The second kappa shape index (κ2) is 5.45. The molecule has 0 heterocycles. The maximum Gasteiger partial charge on any atom is 0.220 e. The molecule has 0 radical (unpaired) electrons. The van der Waals surface area contributed by atoms with Crippen LogP contribution in [0.3, 0.4) is 0 Å². The monoisotopic (exact) mass is 288 g/mol. The number of hydrogen-bond acceptors (Lipinski definition) is 2. The molecule has 1 fully saturated rings. The normalized spacial score (nSPS) is 26.0. The summed E-state index contributed by atoms with van der Waals surface area (Å²) in [5.74, 6) is 0.122. The number of aryl methyl sites for hydroxylation is 2. The molecule has 1 aliphatic carbocycles. The van der Waals surface area contributed by atoms with Gasteiger partial charge in [0.05, 0.1) is 0 Å². The molecule has 1 aromatic carbocycles. The maximum atomic E-state index is 12.3. The number of hydrogen-bond donors (Lipinski definition) is 2. The SMILES string of the molecule is Cc1ccccc1CCC(=O)NC1C(C)(C)C(N)C1(C)C. The highest BCUT2D eigenvalue weighted by Gasteiger charge is 2.60. The minimum absolute atomic E-state index is 0.0399. The Hall–Kier alpha value is -1.35. The van der Waals surface area contributed by atoms with Gasteiger partial charge in [-0.3, -0.25) is 4.79 Å². The van der Waals surface area contributed by atoms with Crippen molar-refractivity contribution in [1.82, 2.24) is 5.32 Å². The standard InChI is InChI=1S/C18H28N2O/c1-12-8-6-7-9-13(12)10-11-14(21)20-16-17(2,3)15(19)18(16,4)5/h6-9,15-16H,10-11,19H2,1-5H3,(H,20,21). The van der Waals surface area contributed by atoms with E-state index in [9.17, 15) is 4.79 Å². The van der Waals surface area contributed by atoms with E-state index in [1.165, 1.54) is 11.1 Å². The second-order valence-corrected chi connectivity index (χ2v) is 7.55. The predicted molar refractivity (Wildman–Crippen MR) is 87.0 cm³/mol. The molecular weight excluding hydrogens is 260 g/mol. The summed E-state index contributed by atoms with van der Waals surface area (Å²) in [6.07, 6.45) is 1.32. The molecule has 3 N–H and O–H groups in total. The van der Waals surface area contributed by atoms with Crippen molar-refractivity contribution >= 4 is 5.91 Å². The summed E-state index contributed by atoms with van der Waals surface area (Å²) in [4.78, 5) is 12.3. The molecule has 3 heteroatoms. The summed E-state index contributed by atoms with van der Waals surface area (Å²) >= 11 is 0. The van der Waals surface area contributed by atoms with Gasteiger partial charge in [-0.25, -0.2) is 0 Å². The number of carbonyl (C=O) groups is 1. The largest absolute Gasteiger partial charge is 0.352 e. The van der Waals surface area contributed by atoms with E-state index in [0.717, 1.165) is 6.42 Å². The first-order chi connectivity index (χ1) is 9.67. The Labute approximate surface area is 128 Å². The molecule has 1 saturated carbocycles. The van der Waals surface area contributed by atoms with Crippen LogP contribution < -0.4 is 11.1 Å². The second-order valence-electron chi connectivity index (χ2n) is 7.55. The molecule has 0 spiro atoms. The quantitative estimate of drug-likeness (QED) is 0.895. The van der Waals surface area contributed by atoms with Crippen molar-refractivity contribution in [2.24, 2.45) is 16.6 Å². The molecule has 1 aliphatic rings. The summed E-state index contributed by atoms with van der Waals surface area (Å²) in [7, 11) is 0. The molecule has 3 nitrogen and oxygen atoms in total. The number of nitrogens with one attached hydrogen (secondary N) is 1. The summed E-state index contributed by atoms with van der Waals surface area (Å²) in [5.41, 5.74) is 8.65. The summed E-state index contributed by atoms with van der Waals surface area (Å²) in [5, 5.41) is 3.20. The number of benzene rings is 1. The molecule has 0 unspecified atom stereocenters. The Bertz CT molecular complexity index is 518. The summed E-state index contributed by atoms with van der Waals surface area (Å²) < 4.78 is 0. The fraction of sp³-hybridized carbons (Fsp3) is 0.611. The molecular formula is C18H28N2O. The Kier molecular flexibility index (Phi) is 4.16. The molecule has 0 saturated heterocycles. The molecule has 0 aromatic heterocycles. The van der Waals surface area contributed by atoms with E-state index in [4.69, 9.17) is 5.73 Å². The first-order valence-corrected chi connectivity index (χ1v) is 7.77. The van der Waals surface area contributed by atoms with Crippen LogP contribution in [0.1, 0.15) is 45.2 Å². The Morgan fingerprint density at radius 1 is 1.19 bits per heavy atom. The van der Waals surface area contributed by atoms with Crippen molar-refractivity contribution < 1.29 is 4.79 Å². The zero-order valence-corrected chi connectivity index (χ0v) is 13.9. The van der Waals surface area contributed by atoms with E-state index < -0.39 is 0 Å². The van der Waals surface area contributed by atoms with Crippen LogP contribution in [0.4, 0.5) is 0 Å². The van der Waals surface area contributed by atoms with Crippen molar-refractivity contribution in [3.8, 4) is 0 Å². The van der Waals surface area contributed by atoms with E-state index in [2.05, 4.69) is 52.1 Å². The van der Waals surface area contributed by atoms with Crippen LogP contribution >= 0.6 is 0 Å². The lowest BCUT2D eigenvalue weighted by atomic mass is 9.48. The summed E-state index contributed by atoms with van der Waals surface area (Å²) in [6, 6.07) is 8.49. The van der Waals surface area contributed by atoms with Crippen LogP contribution in [0.2, 0.25) is 0 Å². The van der Waals surface area contributed by atoms with Gasteiger partial charge in [-0.1, -0.05) is 52.0 Å². The lowest BCUT2D eigenvalue weighted by molar-refractivity contribution is -0.132. The molecule has 2 rings (SSSR count). The highest BCUT2D eigenvalue weighted by molar-refractivity contribution is 5.77. The third-order valence-corrected chi connectivity index (χ3v) is 5.28. The minimum Gasteiger partial charge on any atom is -0.352 e. The van der Waals surface area contributed by atoms with Gasteiger partial charge in [0, 0.05) is 29.3 Å². The molecule has 116 valence electrons. The van der Waals surface area contributed by atoms with Crippen molar-refractivity contribution in [1.29, 1.82) is 0 Å². The third-order valence-electron chi connectivity index (χ3n) is 5.28. The Morgan fingerprint density at radius 3 is 2.33 bits per heavy atom. The topological polar surface area (TPSA) is 55.1 Å². The number of nitrogens with two attached hydrogens (primary N) is 1. The molecule has 1 aromatic rings. The number of rotatable bonds is 4. The van der Waals surface area contributed by atoms with Gasteiger partial charge in [-0.15, -0.1) is 0 Å². The number of carbonyl (C=O) groups excluding carboxylic acids is 1. The van der Waals surface area contributed by atoms with Gasteiger partial charge < -0.3 is 11.1 Å². The smallest absolute Gasteiger partial charge is 0.220 e. The van der Waals surface area contributed by atoms with Crippen LogP contribution in [-0.2, 0) is 11.2 Å². The van der Waals surface area contributed by atoms with Gasteiger partial charge in [-0.05, 0) is 24.5 Å². The van der Waals surface area contributed by atoms with E-state index in [-0.39, 0.29) is 28.8 Å². The lowest BCUT2D eigenvalue weighted by Crippen LogP contribution is -2.76. The highest BCUT2D eigenvalue weighted by Crippen LogP contribution is 2.52. The Balaban J connectivity index is 1.93. The van der Waals surface area contributed by atoms with Gasteiger partial charge >= 0.3 is 0 Å². The molecule has 0 aliphatic heterocycles. The van der Waals surface area contributed by atoms with Crippen molar-refractivity contribution in [3.05, 3.63) is 35.4 Å². The highest BCUT2D eigenvalue weighted by atomic mass is 16.1. The fourth-order valence-electron chi connectivity index (χ4n) is 3.92. The van der Waals surface area contributed by atoms with E-state index in [1.807, 2.05) is 12.1 Å². The van der Waals surface area contributed by atoms with Crippen LogP contribution in [-0.4, -0.2) is 18.0 Å². The zero-order valence-electron chi connectivity index (χ0n) is 13.9. The van der Waals surface area contributed by atoms with Crippen molar-refractivity contribution in [2.45, 2.75) is 59.5 Å². The predicted octanol–water partition coefficient (Wildman–Crippen LogP) is 2.81. The molecule has 1 amide bonds. The van der Waals surface area contributed by atoms with Crippen LogP contribution in [0.5, 0.6) is 0 Å². The molecule has 0 atom stereocenters. The van der Waals surface area contributed by atoms with Crippen molar-refractivity contribution in [2.75, 3.05) is 0 Å². The maximum absolute atomic E-state index is 12.3. The molecule has 0 bridgehead atoms. The van der Waals surface area contributed by atoms with E-state index >= 15 is 0 Å². The average molecular weight is 288 g/mol. The zero-order chi connectivity index (χ0) is 15.8. The van der Waals surface area contributed by atoms with E-state index in [0.29, 0.717) is 6.42 Å². The van der Waals surface area contributed by atoms with Crippen LogP contribution in [0.25, 0.3) is 0 Å². The average Bonchev–Trinajstić information content (AvgIpc) is 2.42. The van der Waals surface area contributed by atoms with Crippen LogP contribution in [0.15, 0.2) is 24.3 Å². The van der Waals surface area contributed by atoms with Crippen molar-refractivity contribution in [3.63, 3.8) is 0 Å². The molecule has 21 heavy (non-hydrogen) atoms. The summed E-state index contributed by atoms with van der Waals surface area (Å²) in [6.45, 7) is 10.6. The third kappa shape index (κ3) is 2.84. The van der Waals surface area contributed by atoms with Gasteiger partial charge in [0.2, 0.25) is 5.91 Å². The fourth-order valence-corrected chi connectivity index (χ4v) is 3.92. The minimum atomic E-state index is -0.0399. The lowest BCUT2D eigenvalue weighted by Gasteiger charge is -2.62. The van der Waals surface area contributed by atoms with Gasteiger partial charge in [0.15, 0.2) is 0 Å². The Morgan fingerprint density at radius 2 is 1.76 bits per heavy atom. The van der Waals surface area contributed by atoms with Gasteiger partial charge in [0.25, 0.3) is 0 Å². The van der Waals surface area contributed by atoms with Gasteiger partial charge in [0.1, 0.15) is 0 Å².